The molecule has 6 heterocycles. The number of halogens is 2. The standard InChI is InChI=1S/C30H29ClFN5O4/c31-20-6-4-19(24(32)11-20)17-41-29-3-1-2-27(34-29)35-13-21-12-22(14-35)36(21)16-28-33-25-7-5-18(30(38)39)10-26(25)37(28)15-23-8-9-40-23/h1-7,10-11,21-23H,8-9,12-17H2,(H,38,39)/t21?,22?,23-/m0/s1. The molecule has 0 spiro atoms. The van der Waals surface area contributed by atoms with Gasteiger partial charge in [0.2, 0.25) is 5.88 Å². The number of fused-ring (bicyclic) bond motifs is 3. The normalized spacial score (nSPS) is 21.9. The van der Waals surface area contributed by atoms with Gasteiger partial charge < -0.3 is 24.0 Å². The van der Waals surface area contributed by atoms with Crippen LogP contribution in [-0.2, 0) is 24.4 Å². The first-order valence-electron chi connectivity index (χ1n) is 13.8. The molecule has 9 nitrogen and oxygen atoms in total. The van der Waals surface area contributed by atoms with E-state index in [1.165, 1.54) is 6.07 Å². The van der Waals surface area contributed by atoms with E-state index in [0.29, 0.717) is 41.6 Å². The van der Waals surface area contributed by atoms with Crippen molar-refractivity contribution in [2.45, 2.75) is 50.7 Å². The van der Waals surface area contributed by atoms with Gasteiger partial charge in [-0.25, -0.2) is 14.2 Å². The predicted molar refractivity (Wildman–Crippen MR) is 151 cm³/mol. The summed E-state index contributed by atoms with van der Waals surface area (Å²) in [6.45, 7) is 3.84. The van der Waals surface area contributed by atoms with Crippen LogP contribution in [0.25, 0.3) is 11.0 Å². The van der Waals surface area contributed by atoms with Gasteiger partial charge in [-0.2, -0.15) is 4.98 Å². The second kappa shape index (κ2) is 10.6. The van der Waals surface area contributed by atoms with Crippen molar-refractivity contribution >= 4 is 34.4 Å². The number of imidazole rings is 1. The molecule has 3 atom stereocenters. The van der Waals surface area contributed by atoms with Crippen LogP contribution in [0.5, 0.6) is 5.88 Å². The Morgan fingerprint density at radius 2 is 1.95 bits per heavy atom. The fourth-order valence-electron chi connectivity index (χ4n) is 6.01. The maximum Gasteiger partial charge on any atom is 0.335 e. The van der Waals surface area contributed by atoms with E-state index in [1.54, 1.807) is 36.4 Å². The molecule has 8 rings (SSSR count). The van der Waals surface area contributed by atoms with E-state index < -0.39 is 11.8 Å². The number of pyridine rings is 1. The Labute approximate surface area is 241 Å². The van der Waals surface area contributed by atoms with Gasteiger partial charge in [0.1, 0.15) is 24.1 Å². The average Bonchev–Trinajstić information content (AvgIpc) is 3.29. The molecular weight excluding hydrogens is 549 g/mol. The first kappa shape index (κ1) is 26.2. The molecule has 2 unspecified atom stereocenters. The number of carboxylic acid groups (broad SMARTS) is 1. The predicted octanol–water partition coefficient (Wildman–Crippen LogP) is 4.75. The third kappa shape index (κ3) is 5.11. The number of rotatable bonds is 9. The SMILES string of the molecule is O=C(O)c1ccc2nc(CN3C4CC3CN(c3cccc(OCc5ccc(Cl)cc5F)n3)C4)n(C[C@@H]3CCO3)c2c1. The maximum absolute atomic E-state index is 14.1. The minimum absolute atomic E-state index is 0.0688. The highest BCUT2D eigenvalue weighted by molar-refractivity contribution is 6.30. The molecule has 1 N–H and O–H groups in total. The first-order valence-corrected chi connectivity index (χ1v) is 14.2. The molecule has 4 aliphatic rings. The van der Waals surface area contributed by atoms with Gasteiger partial charge in [0, 0.05) is 48.4 Å². The quantitative estimate of drug-likeness (QED) is 0.305. The number of carboxylic acids is 1. The van der Waals surface area contributed by atoms with E-state index in [0.717, 1.165) is 55.2 Å². The minimum Gasteiger partial charge on any atom is -0.478 e. The van der Waals surface area contributed by atoms with Gasteiger partial charge in [0.15, 0.2) is 0 Å². The summed E-state index contributed by atoms with van der Waals surface area (Å²) in [4.78, 5) is 26.0. The molecular formula is C30H29ClFN5O4. The van der Waals surface area contributed by atoms with Crippen molar-refractivity contribution < 1.29 is 23.8 Å². The van der Waals surface area contributed by atoms with E-state index >= 15 is 0 Å². The van der Waals surface area contributed by atoms with Crippen LogP contribution in [0.15, 0.2) is 54.6 Å². The van der Waals surface area contributed by atoms with E-state index in [4.69, 9.17) is 31.0 Å². The van der Waals surface area contributed by atoms with Gasteiger partial charge in [-0.15, -0.1) is 0 Å². The van der Waals surface area contributed by atoms with Crippen molar-refractivity contribution in [1.29, 1.82) is 0 Å². The van der Waals surface area contributed by atoms with Crippen LogP contribution >= 0.6 is 11.6 Å². The Morgan fingerprint density at radius 3 is 2.68 bits per heavy atom. The number of piperidine rings is 1. The van der Waals surface area contributed by atoms with Crippen LogP contribution in [0, 0.1) is 5.82 Å². The van der Waals surface area contributed by atoms with Gasteiger partial charge in [-0.1, -0.05) is 23.7 Å². The molecule has 0 saturated carbocycles. The number of anilines is 1. The lowest BCUT2D eigenvalue weighted by atomic mass is 9.87. The van der Waals surface area contributed by atoms with Crippen LogP contribution in [0.2, 0.25) is 5.02 Å². The highest BCUT2D eigenvalue weighted by Gasteiger charge is 2.45. The van der Waals surface area contributed by atoms with Crippen LogP contribution in [0.4, 0.5) is 10.2 Å². The summed E-state index contributed by atoms with van der Waals surface area (Å²) in [5.74, 6) is 0.869. The lowest BCUT2D eigenvalue weighted by Crippen LogP contribution is -2.68. The third-order valence-electron chi connectivity index (χ3n) is 8.35. The Balaban J connectivity index is 1.04. The van der Waals surface area contributed by atoms with Crippen molar-refractivity contribution in [2.24, 2.45) is 0 Å². The van der Waals surface area contributed by atoms with Crippen LogP contribution in [0.3, 0.4) is 0 Å². The molecule has 0 amide bonds. The summed E-state index contributed by atoms with van der Waals surface area (Å²) in [5.41, 5.74) is 2.32. The van der Waals surface area contributed by atoms with Gasteiger partial charge in [-0.3, -0.25) is 4.90 Å². The van der Waals surface area contributed by atoms with Gasteiger partial charge in [0.25, 0.3) is 0 Å². The molecule has 212 valence electrons. The Bertz CT molecular complexity index is 1610. The highest BCUT2D eigenvalue weighted by atomic mass is 35.5. The number of piperazine rings is 1. The number of hydrogen-bond donors (Lipinski definition) is 1. The molecule has 4 aliphatic heterocycles. The summed E-state index contributed by atoms with van der Waals surface area (Å²) < 4.78 is 27.8. The summed E-state index contributed by atoms with van der Waals surface area (Å²) in [5, 5.41) is 9.87. The summed E-state index contributed by atoms with van der Waals surface area (Å²) in [6, 6.07) is 16.0. The van der Waals surface area contributed by atoms with Crippen molar-refractivity contribution in [1.82, 2.24) is 19.4 Å². The second-order valence-corrected chi connectivity index (χ2v) is 11.3. The molecule has 4 saturated heterocycles. The molecule has 0 aliphatic carbocycles. The number of hydrogen-bond acceptors (Lipinski definition) is 7. The van der Waals surface area contributed by atoms with Crippen LogP contribution in [-0.4, -0.2) is 68.4 Å². The number of benzene rings is 2. The Morgan fingerprint density at radius 1 is 1.12 bits per heavy atom. The van der Waals surface area contributed by atoms with E-state index in [1.807, 2.05) is 12.1 Å². The van der Waals surface area contributed by atoms with E-state index in [-0.39, 0.29) is 18.3 Å². The van der Waals surface area contributed by atoms with Crippen molar-refractivity contribution in [3.8, 4) is 5.88 Å². The molecule has 4 fully saturated rings. The van der Waals surface area contributed by atoms with Gasteiger partial charge >= 0.3 is 5.97 Å². The van der Waals surface area contributed by atoms with Crippen LogP contribution in [0.1, 0.15) is 34.6 Å². The van der Waals surface area contributed by atoms with Crippen LogP contribution < -0.4 is 9.64 Å². The summed E-state index contributed by atoms with van der Waals surface area (Å²) in [7, 11) is 0. The lowest BCUT2D eigenvalue weighted by Gasteiger charge is -2.56. The summed E-state index contributed by atoms with van der Waals surface area (Å²) >= 11 is 5.85. The number of aromatic carboxylic acids is 1. The number of ether oxygens (including phenoxy) is 2. The number of aromatic nitrogens is 3. The number of carbonyl (C=O) groups is 1. The van der Waals surface area contributed by atoms with Gasteiger partial charge in [-0.05, 0) is 49.2 Å². The third-order valence-corrected chi connectivity index (χ3v) is 8.58. The van der Waals surface area contributed by atoms with Crippen molar-refractivity contribution in [3.63, 3.8) is 0 Å². The summed E-state index contributed by atoms with van der Waals surface area (Å²) in [6.07, 6.45) is 2.23. The fourth-order valence-corrected chi connectivity index (χ4v) is 6.17. The zero-order chi connectivity index (χ0) is 28.1. The molecule has 2 bridgehead atoms. The van der Waals surface area contributed by atoms with E-state index in [9.17, 15) is 14.3 Å². The Kier molecular flexibility index (Phi) is 6.76. The lowest BCUT2D eigenvalue weighted by molar-refractivity contribution is -0.0601. The number of nitrogens with zero attached hydrogens (tertiary/aromatic N) is 5. The zero-order valence-electron chi connectivity index (χ0n) is 22.2. The maximum atomic E-state index is 14.1. The van der Waals surface area contributed by atoms with Gasteiger partial charge in [0.05, 0.1) is 35.8 Å². The Hall–Kier alpha value is -3.73. The second-order valence-electron chi connectivity index (χ2n) is 10.9. The molecule has 2 aromatic heterocycles. The zero-order valence-corrected chi connectivity index (χ0v) is 23.0. The van der Waals surface area contributed by atoms with Crippen molar-refractivity contribution in [2.75, 3.05) is 24.6 Å². The highest BCUT2D eigenvalue weighted by Crippen LogP contribution is 2.36. The minimum atomic E-state index is -0.946. The van der Waals surface area contributed by atoms with Crippen molar-refractivity contribution in [3.05, 3.63) is 82.4 Å². The molecule has 0 radical (unpaired) electrons. The topological polar surface area (TPSA) is 93.0 Å². The molecule has 11 heteroatoms. The first-order chi connectivity index (χ1) is 19.9. The molecule has 41 heavy (non-hydrogen) atoms. The monoisotopic (exact) mass is 577 g/mol. The van der Waals surface area contributed by atoms with E-state index in [2.05, 4.69) is 14.4 Å². The largest absolute Gasteiger partial charge is 0.478 e. The fraction of sp³-hybridized carbons (Fsp3) is 0.367. The molecule has 4 aromatic rings. The average molecular weight is 578 g/mol. The smallest absolute Gasteiger partial charge is 0.335 e. The molecule has 2 aromatic carbocycles.